The van der Waals surface area contributed by atoms with Gasteiger partial charge in [0.05, 0.1) is 5.52 Å². The van der Waals surface area contributed by atoms with E-state index in [0.717, 1.165) is 11.1 Å². The van der Waals surface area contributed by atoms with Gasteiger partial charge in [-0.1, -0.05) is 36.4 Å². The van der Waals surface area contributed by atoms with E-state index in [1.807, 2.05) is 49.4 Å². The second-order valence-corrected chi connectivity index (χ2v) is 5.44. The standard InChI is InChI=1S/C18H18N2O3/c1-13-6-2-3-7-14(13)12-19-17(21)10-11-20-15-8-4-5-9-16(15)23-18(20)22/h2-9H,10-12H2,1H3,(H,19,21). The van der Waals surface area contributed by atoms with E-state index >= 15 is 0 Å². The lowest BCUT2D eigenvalue weighted by Gasteiger charge is -2.08. The quantitative estimate of drug-likeness (QED) is 0.788. The van der Waals surface area contributed by atoms with Crippen LogP contribution in [0.4, 0.5) is 0 Å². The van der Waals surface area contributed by atoms with Gasteiger partial charge in [-0.25, -0.2) is 4.79 Å². The number of oxazole rings is 1. The zero-order chi connectivity index (χ0) is 16.2. The zero-order valence-corrected chi connectivity index (χ0v) is 12.9. The third-order valence-corrected chi connectivity index (χ3v) is 3.87. The smallest absolute Gasteiger partial charge is 0.408 e. The molecule has 5 nitrogen and oxygen atoms in total. The minimum absolute atomic E-state index is 0.0922. The monoisotopic (exact) mass is 310 g/mol. The first-order valence-electron chi connectivity index (χ1n) is 7.55. The number of para-hydroxylation sites is 2. The van der Waals surface area contributed by atoms with Gasteiger partial charge in [-0.2, -0.15) is 0 Å². The van der Waals surface area contributed by atoms with E-state index < -0.39 is 5.76 Å². The summed E-state index contributed by atoms with van der Waals surface area (Å²) in [4.78, 5) is 23.9. The topological polar surface area (TPSA) is 64.2 Å². The fourth-order valence-electron chi connectivity index (χ4n) is 2.53. The molecular formula is C18H18N2O3. The number of carbonyl (C=O) groups excluding carboxylic acids is 1. The van der Waals surface area contributed by atoms with Crippen LogP contribution >= 0.6 is 0 Å². The van der Waals surface area contributed by atoms with E-state index in [9.17, 15) is 9.59 Å². The zero-order valence-electron chi connectivity index (χ0n) is 12.9. The molecule has 0 saturated heterocycles. The van der Waals surface area contributed by atoms with Crippen LogP contribution in [0.1, 0.15) is 17.5 Å². The van der Waals surface area contributed by atoms with Gasteiger partial charge >= 0.3 is 5.76 Å². The molecule has 0 spiro atoms. The number of amides is 1. The lowest BCUT2D eigenvalue weighted by molar-refractivity contribution is -0.121. The van der Waals surface area contributed by atoms with E-state index in [1.165, 1.54) is 4.57 Å². The Labute approximate surface area is 133 Å². The lowest BCUT2D eigenvalue weighted by atomic mass is 10.1. The molecule has 0 aliphatic carbocycles. The van der Waals surface area contributed by atoms with Crippen molar-refractivity contribution in [2.24, 2.45) is 0 Å². The second-order valence-electron chi connectivity index (χ2n) is 5.44. The maximum absolute atomic E-state index is 12.0. The maximum atomic E-state index is 12.0. The highest BCUT2D eigenvalue weighted by atomic mass is 16.4. The normalized spacial score (nSPS) is 10.8. The van der Waals surface area contributed by atoms with Gasteiger partial charge in [0.2, 0.25) is 5.91 Å². The summed E-state index contributed by atoms with van der Waals surface area (Å²) in [5, 5.41) is 2.88. The summed E-state index contributed by atoms with van der Waals surface area (Å²) < 4.78 is 6.64. The molecule has 2 aromatic carbocycles. The van der Waals surface area contributed by atoms with E-state index in [1.54, 1.807) is 6.07 Å². The fourth-order valence-corrected chi connectivity index (χ4v) is 2.53. The molecule has 0 bridgehead atoms. The summed E-state index contributed by atoms with van der Waals surface area (Å²) in [6.45, 7) is 2.81. The Kier molecular flexibility index (Phi) is 4.28. The average molecular weight is 310 g/mol. The lowest BCUT2D eigenvalue weighted by Crippen LogP contribution is -2.26. The Morgan fingerprint density at radius 2 is 1.87 bits per heavy atom. The van der Waals surface area contributed by atoms with Crippen LogP contribution in [0.3, 0.4) is 0 Å². The highest BCUT2D eigenvalue weighted by molar-refractivity contribution is 5.76. The first-order chi connectivity index (χ1) is 11.1. The molecule has 118 valence electrons. The van der Waals surface area contributed by atoms with Crippen molar-refractivity contribution in [2.45, 2.75) is 26.4 Å². The molecular weight excluding hydrogens is 292 g/mol. The van der Waals surface area contributed by atoms with Crippen LogP contribution in [0.15, 0.2) is 57.7 Å². The van der Waals surface area contributed by atoms with Crippen molar-refractivity contribution in [1.29, 1.82) is 0 Å². The number of hydrogen-bond acceptors (Lipinski definition) is 3. The number of aromatic nitrogens is 1. The summed E-state index contributed by atoms with van der Waals surface area (Å²) in [5.41, 5.74) is 3.48. The third-order valence-electron chi connectivity index (χ3n) is 3.87. The van der Waals surface area contributed by atoms with Crippen molar-refractivity contribution in [2.75, 3.05) is 0 Å². The number of nitrogens with zero attached hydrogens (tertiary/aromatic N) is 1. The minimum atomic E-state index is -0.432. The van der Waals surface area contributed by atoms with Crippen LogP contribution in [0.2, 0.25) is 0 Å². The predicted octanol–water partition coefficient (Wildman–Crippen LogP) is 2.61. The Morgan fingerprint density at radius 3 is 2.70 bits per heavy atom. The molecule has 0 atom stereocenters. The molecule has 23 heavy (non-hydrogen) atoms. The van der Waals surface area contributed by atoms with Gasteiger partial charge in [0.1, 0.15) is 0 Å². The second kappa shape index (κ2) is 6.52. The Morgan fingerprint density at radius 1 is 1.13 bits per heavy atom. The summed E-state index contributed by atoms with van der Waals surface area (Å²) in [6.07, 6.45) is 0.231. The first kappa shape index (κ1) is 15.1. The molecule has 1 N–H and O–H groups in total. The van der Waals surface area contributed by atoms with Gasteiger partial charge in [0.15, 0.2) is 5.58 Å². The van der Waals surface area contributed by atoms with Crippen molar-refractivity contribution in [3.63, 3.8) is 0 Å². The SMILES string of the molecule is Cc1ccccc1CNC(=O)CCn1c(=O)oc2ccccc21. The van der Waals surface area contributed by atoms with Crippen molar-refractivity contribution in [3.05, 3.63) is 70.2 Å². The van der Waals surface area contributed by atoms with Crippen LogP contribution < -0.4 is 11.1 Å². The molecule has 3 rings (SSSR count). The summed E-state index contributed by atoms with van der Waals surface area (Å²) in [6, 6.07) is 15.1. The fraction of sp³-hybridized carbons (Fsp3) is 0.222. The van der Waals surface area contributed by atoms with Gasteiger partial charge in [0, 0.05) is 19.5 Å². The Bertz CT molecular complexity index is 892. The molecule has 1 amide bonds. The summed E-state index contributed by atoms with van der Waals surface area (Å²) in [5.74, 6) is -0.525. The number of benzene rings is 2. The van der Waals surface area contributed by atoms with E-state index in [2.05, 4.69) is 5.32 Å². The highest BCUT2D eigenvalue weighted by Gasteiger charge is 2.10. The van der Waals surface area contributed by atoms with Crippen LogP contribution in [-0.4, -0.2) is 10.5 Å². The van der Waals surface area contributed by atoms with Crippen LogP contribution in [-0.2, 0) is 17.9 Å². The number of nitrogens with one attached hydrogen (secondary N) is 1. The number of rotatable bonds is 5. The minimum Gasteiger partial charge on any atom is -0.408 e. The molecule has 0 saturated carbocycles. The van der Waals surface area contributed by atoms with Gasteiger partial charge in [-0.15, -0.1) is 0 Å². The highest BCUT2D eigenvalue weighted by Crippen LogP contribution is 2.12. The van der Waals surface area contributed by atoms with Crippen LogP contribution in [0, 0.1) is 6.92 Å². The van der Waals surface area contributed by atoms with E-state index in [0.29, 0.717) is 24.2 Å². The number of fused-ring (bicyclic) bond motifs is 1. The van der Waals surface area contributed by atoms with Crippen molar-refractivity contribution in [3.8, 4) is 0 Å². The summed E-state index contributed by atoms with van der Waals surface area (Å²) in [7, 11) is 0. The largest absolute Gasteiger partial charge is 0.419 e. The molecule has 0 aliphatic rings. The first-order valence-corrected chi connectivity index (χ1v) is 7.55. The summed E-state index contributed by atoms with van der Waals surface area (Å²) >= 11 is 0. The maximum Gasteiger partial charge on any atom is 0.419 e. The van der Waals surface area contributed by atoms with Crippen molar-refractivity contribution in [1.82, 2.24) is 9.88 Å². The Balaban J connectivity index is 1.61. The van der Waals surface area contributed by atoms with Crippen LogP contribution in [0.5, 0.6) is 0 Å². The van der Waals surface area contributed by atoms with E-state index in [4.69, 9.17) is 4.42 Å². The molecule has 0 radical (unpaired) electrons. The third kappa shape index (κ3) is 3.34. The molecule has 1 heterocycles. The van der Waals surface area contributed by atoms with Gasteiger partial charge in [0.25, 0.3) is 0 Å². The van der Waals surface area contributed by atoms with Gasteiger partial charge < -0.3 is 9.73 Å². The number of hydrogen-bond donors (Lipinski definition) is 1. The van der Waals surface area contributed by atoms with Gasteiger partial charge in [-0.3, -0.25) is 9.36 Å². The van der Waals surface area contributed by atoms with Crippen molar-refractivity contribution < 1.29 is 9.21 Å². The van der Waals surface area contributed by atoms with Gasteiger partial charge in [-0.05, 0) is 30.2 Å². The van der Waals surface area contributed by atoms with Crippen molar-refractivity contribution >= 4 is 17.0 Å². The molecule has 0 unspecified atom stereocenters. The Hall–Kier alpha value is -2.82. The number of carbonyl (C=O) groups is 1. The van der Waals surface area contributed by atoms with Crippen LogP contribution in [0.25, 0.3) is 11.1 Å². The molecule has 5 heteroatoms. The van der Waals surface area contributed by atoms with E-state index in [-0.39, 0.29) is 12.3 Å². The average Bonchev–Trinajstić information content (AvgIpc) is 2.87. The molecule has 0 aliphatic heterocycles. The molecule has 1 aromatic heterocycles. The molecule has 3 aromatic rings. The number of aryl methyl sites for hydroxylation is 2. The predicted molar refractivity (Wildman–Crippen MR) is 88.1 cm³/mol. The molecule has 0 fully saturated rings.